The van der Waals surface area contributed by atoms with Crippen LogP contribution in [0, 0.1) is 5.92 Å². The third-order valence-corrected chi connectivity index (χ3v) is 4.16. The lowest BCUT2D eigenvalue weighted by Gasteiger charge is -2.18. The Labute approximate surface area is 152 Å². The molecule has 0 spiro atoms. The summed E-state index contributed by atoms with van der Waals surface area (Å²) < 4.78 is 10.8. The molecule has 26 heavy (non-hydrogen) atoms. The van der Waals surface area contributed by atoms with Crippen LogP contribution in [0.5, 0.6) is 5.75 Å². The van der Waals surface area contributed by atoms with E-state index < -0.39 is 12.1 Å². The zero-order valence-corrected chi connectivity index (χ0v) is 14.8. The van der Waals surface area contributed by atoms with Crippen LogP contribution in [0.15, 0.2) is 66.7 Å². The molecule has 0 radical (unpaired) electrons. The van der Waals surface area contributed by atoms with E-state index >= 15 is 0 Å². The van der Waals surface area contributed by atoms with E-state index in [0.717, 1.165) is 5.56 Å². The molecule has 2 aromatic rings. The van der Waals surface area contributed by atoms with Crippen molar-refractivity contribution in [3.05, 3.63) is 72.3 Å². The van der Waals surface area contributed by atoms with Crippen LogP contribution in [-0.2, 0) is 9.53 Å². The van der Waals surface area contributed by atoms with E-state index in [9.17, 15) is 9.59 Å². The minimum atomic E-state index is -0.546. The van der Waals surface area contributed by atoms with E-state index in [-0.39, 0.29) is 12.0 Å². The lowest BCUT2D eigenvalue weighted by Crippen LogP contribution is -2.26. The van der Waals surface area contributed by atoms with E-state index in [1.807, 2.05) is 50.2 Å². The van der Waals surface area contributed by atoms with E-state index in [2.05, 4.69) is 0 Å². The number of ether oxygens (including phenoxy) is 2. The van der Waals surface area contributed by atoms with Crippen LogP contribution in [0.1, 0.15) is 19.4 Å². The van der Waals surface area contributed by atoms with Gasteiger partial charge in [-0.25, -0.2) is 9.59 Å². The zero-order chi connectivity index (χ0) is 18.5. The molecule has 0 saturated carbocycles. The summed E-state index contributed by atoms with van der Waals surface area (Å²) in [6, 6.07) is 18.1. The van der Waals surface area contributed by atoms with Gasteiger partial charge in [-0.1, -0.05) is 62.4 Å². The number of hydrogen-bond acceptors (Lipinski definition) is 4. The normalized spacial score (nSPS) is 17.3. The van der Waals surface area contributed by atoms with Crippen molar-refractivity contribution in [2.75, 3.05) is 6.54 Å². The van der Waals surface area contributed by atoms with Gasteiger partial charge in [0.1, 0.15) is 11.9 Å². The van der Waals surface area contributed by atoms with E-state index in [1.165, 1.54) is 11.0 Å². The number of hydrogen-bond donors (Lipinski definition) is 0. The molecule has 0 aromatic heterocycles. The smallest absolute Gasteiger partial charge is 0.414 e. The lowest BCUT2D eigenvalue weighted by atomic mass is 10.1. The predicted molar refractivity (Wildman–Crippen MR) is 98.3 cm³/mol. The van der Waals surface area contributed by atoms with Crippen molar-refractivity contribution < 1.29 is 19.1 Å². The molecule has 1 amide bonds. The van der Waals surface area contributed by atoms with Crippen LogP contribution in [0.4, 0.5) is 4.79 Å². The summed E-state index contributed by atoms with van der Waals surface area (Å²) in [7, 11) is 0. The van der Waals surface area contributed by atoms with Crippen molar-refractivity contribution in [2.45, 2.75) is 20.0 Å². The van der Waals surface area contributed by atoms with E-state index in [1.54, 1.807) is 24.3 Å². The Morgan fingerprint density at radius 1 is 1.12 bits per heavy atom. The van der Waals surface area contributed by atoms with Gasteiger partial charge >= 0.3 is 12.1 Å². The fourth-order valence-corrected chi connectivity index (χ4v) is 2.70. The summed E-state index contributed by atoms with van der Waals surface area (Å²) in [6.07, 6.45) is 0.679. The highest BCUT2D eigenvalue weighted by Gasteiger charge is 2.36. The molecule has 0 bridgehead atoms. The average Bonchev–Trinajstić information content (AvgIpc) is 3.03. The number of benzene rings is 2. The number of rotatable bonds is 5. The molecule has 2 aromatic carbocycles. The second-order valence-electron chi connectivity index (χ2n) is 6.41. The van der Waals surface area contributed by atoms with Gasteiger partial charge in [-0.05, 0) is 23.6 Å². The summed E-state index contributed by atoms with van der Waals surface area (Å²) in [5.74, 6) is 0.0957. The number of nitrogens with zero attached hydrogens (tertiary/aromatic N) is 1. The third kappa shape index (κ3) is 4.11. The maximum Gasteiger partial charge on any atom is 0.414 e. The molecule has 1 atom stereocenters. The summed E-state index contributed by atoms with van der Waals surface area (Å²) >= 11 is 0. The molecular formula is C21H21NO4. The Balaban J connectivity index is 1.89. The maximum atomic E-state index is 12.4. The zero-order valence-electron chi connectivity index (χ0n) is 14.8. The number of carbonyl (C=O) groups excluding carboxylic acids is 2. The van der Waals surface area contributed by atoms with Gasteiger partial charge in [0, 0.05) is 6.08 Å². The maximum absolute atomic E-state index is 12.4. The Morgan fingerprint density at radius 3 is 2.31 bits per heavy atom. The topological polar surface area (TPSA) is 55.8 Å². The molecule has 1 aliphatic rings. The number of amides is 1. The van der Waals surface area contributed by atoms with Crippen LogP contribution in [-0.4, -0.2) is 29.6 Å². The van der Waals surface area contributed by atoms with Crippen molar-refractivity contribution in [2.24, 2.45) is 5.92 Å². The second-order valence-corrected chi connectivity index (χ2v) is 6.41. The van der Waals surface area contributed by atoms with Gasteiger partial charge in [0.2, 0.25) is 0 Å². The molecule has 0 N–H and O–H groups in total. The molecule has 1 heterocycles. The highest BCUT2D eigenvalue weighted by Crippen LogP contribution is 2.28. The Bertz CT molecular complexity index is 799. The minimum Gasteiger partial charge on any atom is -0.444 e. The largest absolute Gasteiger partial charge is 0.444 e. The Hall–Kier alpha value is -3.08. The Kier molecular flexibility index (Phi) is 5.37. The molecule has 1 fully saturated rings. The molecule has 1 saturated heterocycles. The van der Waals surface area contributed by atoms with Crippen LogP contribution in [0.25, 0.3) is 5.70 Å². The van der Waals surface area contributed by atoms with Gasteiger partial charge in [0.05, 0.1) is 12.2 Å². The summed E-state index contributed by atoms with van der Waals surface area (Å²) in [4.78, 5) is 26.2. The van der Waals surface area contributed by atoms with Crippen LogP contribution >= 0.6 is 0 Å². The first-order valence-electron chi connectivity index (χ1n) is 8.56. The SMILES string of the molecule is CC(C)C1CN(C(=CC(=O)Oc2ccccc2)c2ccccc2)C(=O)O1. The Morgan fingerprint density at radius 2 is 1.73 bits per heavy atom. The first-order valence-corrected chi connectivity index (χ1v) is 8.56. The van der Waals surface area contributed by atoms with E-state index in [0.29, 0.717) is 18.0 Å². The average molecular weight is 351 g/mol. The number of para-hydroxylation sites is 1. The minimum absolute atomic E-state index is 0.192. The molecule has 0 aliphatic carbocycles. The van der Waals surface area contributed by atoms with Crippen molar-refractivity contribution in [1.82, 2.24) is 4.90 Å². The van der Waals surface area contributed by atoms with E-state index in [4.69, 9.17) is 9.47 Å². The number of cyclic esters (lactones) is 1. The molecule has 3 rings (SSSR count). The van der Waals surface area contributed by atoms with Crippen LogP contribution < -0.4 is 4.74 Å². The monoisotopic (exact) mass is 351 g/mol. The van der Waals surface area contributed by atoms with Gasteiger partial charge in [0.25, 0.3) is 0 Å². The van der Waals surface area contributed by atoms with Crippen LogP contribution in [0.2, 0.25) is 0 Å². The summed E-state index contributed by atoms with van der Waals surface area (Å²) in [5.41, 5.74) is 1.22. The van der Waals surface area contributed by atoms with Gasteiger partial charge in [-0.3, -0.25) is 4.90 Å². The summed E-state index contributed by atoms with van der Waals surface area (Å²) in [5, 5.41) is 0. The van der Waals surface area contributed by atoms with Gasteiger partial charge in [-0.2, -0.15) is 0 Å². The number of esters is 1. The molecule has 5 nitrogen and oxygen atoms in total. The van der Waals surface area contributed by atoms with Crippen molar-refractivity contribution >= 4 is 17.8 Å². The van der Waals surface area contributed by atoms with Crippen LogP contribution in [0.3, 0.4) is 0 Å². The first kappa shape index (κ1) is 17.7. The standard InChI is InChI=1S/C21H21NO4/c1-15(2)19-14-22(21(24)26-19)18(16-9-5-3-6-10-16)13-20(23)25-17-11-7-4-8-12-17/h3-13,15,19H,14H2,1-2H3. The number of carbonyl (C=O) groups is 2. The molecule has 1 aliphatic heterocycles. The van der Waals surface area contributed by atoms with Crippen molar-refractivity contribution in [3.63, 3.8) is 0 Å². The summed E-state index contributed by atoms with van der Waals surface area (Å²) in [6.45, 7) is 4.39. The third-order valence-electron chi connectivity index (χ3n) is 4.16. The quantitative estimate of drug-likeness (QED) is 0.462. The highest BCUT2D eigenvalue weighted by molar-refractivity contribution is 5.96. The molecule has 1 unspecified atom stereocenters. The van der Waals surface area contributed by atoms with Crippen molar-refractivity contribution in [3.8, 4) is 5.75 Å². The highest BCUT2D eigenvalue weighted by atomic mass is 16.6. The first-order chi connectivity index (χ1) is 12.5. The fraction of sp³-hybridized carbons (Fsp3) is 0.238. The van der Waals surface area contributed by atoms with Gasteiger partial charge in [-0.15, -0.1) is 0 Å². The molecule has 5 heteroatoms. The second kappa shape index (κ2) is 7.87. The lowest BCUT2D eigenvalue weighted by molar-refractivity contribution is -0.128. The van der Waals surface area contributed by atoms with Gasteiger partial charge < -0.3 is 9.47 Å². The van der Waals surface area contributed by atoms with Crippen molar-refractivity contribution in [1.29, 1.82) is 0 Å². The fourth-order valence-electron chi connectivity index (χ4n) is 2.70. The molecule has 134 valence electrons. The molecular weight excluding hydrogens is 330 g/mol. The van der Waals surface area contributed by atoms with Gasteiger partial charge in [0.15, 0.2) is 0 Å². The predicted octanol–water partition coefficient (Wildman–Crippen LogP) is 4.11.